The Bertz CT molecular complexity index is 389. The third-order valence-electron chi connectivity index (χ3n) is 2.31. The van der Waals surface area contributed by atoms with Gasteiger partial charge in [0.1, 0.15) is 12.4 Å². The number of carbonyl (C=O) groups excluding carboxylic acids is 1. The Morgan fingerprint density at radius 2 is 2.40 bits per heavy atom. The van der Waals surface area contributed by atoms with E-state index in [1.54, 1.807) is 12.1 Å². The monoisotopic (exact) mass is 207 g/mol. The van der Waals surface area contributed by atoms with Crippen LogP contribution in [0.25, 0.3) is 0 Å². The predicted octanol–water partition coefficient (Wildman–Crippen LogP) is 1.67. The molecule has 0 fully saturated rings. The summed E-state index contributed by atoms with van der Waals surface area (Å²) in [5.41, 5.74) is 1.24. The molecular formula is C11H13NO3. The third kappa shape index (κ3) is 1.75. The van der Waals surface area contributed by atoms with Crippen LogP contribution in [0.3, 0.4) is 0 Å². The van der Waals surface area contributed by atoms with E-state index in [0.29, 0.717) is 17.9 Å². The van der Waals surface area contributed by atoms with E-state index in [2.05, 4.69) is 5.32 Å². The molecule has 1 atom stereocenters. The SMILES string of the molecule is COC(=O)c1cccc2c1NC(C)CO2. The third-order valence-corrected chi connectivity index (χ3v) is 2.31. The minimum atomic E-state index is -0.350. The van der Waals surface area contributed by atoms with Gasteiger partial charge in [-0.2, -0.15) is 0 Å². The Kier molecular flexibility index (Phi) is 2.49. The lowest BCUT2D eigenvalue weighted by atomic mass is 10.1. The zero-order valence-corrected chi connectivity index (χ0v) is 8.74. The number of methoxy groups -OCH3 is 1. The lowest BCUT2D eigenvalue weighted by molar-refractivity contribution is 0.0601. The summed E-state index contributed by atoms with van der Waals surface area (Å²) in [6.45, 7) is 2.61. The topological polar surface area (TPSA) is 47.6 Å². The molecule has 1 aliphatic heterocycles. The molecule has 4 nitrogen and oxygen atoms in total. The summed E-state index contributed by atoms with van der Waals surface area (Å²) in [5, 5.41) is 3.22. The second kappa shape index (κ2) is 3.81. The number of ether oxygens (including phenoxy) is 2. The van der Waals surface area contributed by atoms with Gasteiger partial charge >= 0.3 is 5.97 Å². The molecule has 1 heterocycles. The van der Waals surface area contributed by atoms with Crippen LogP contribution in [0, 0.1) is 0 Å². The van der Waals surface area contributed by atoms with Crippen molar-refractivity contribution in [3.63, 3.8) is 0 Å². The molecule has 1 aromatic carbocycles. The standard InChI is InChI=1S/C11H13NO3/c1-7-6-15-9-5-3-4-8(10(9)12-7)11(13)14-2/h3-5,7,12H,6H2,1-2H3. The highest BCUT2D eigenvalue weighted by molar-refractivity contribution is 5.97. The molecule has 0 bridgehead atoms. The maximum absolute atomic E-state index is 11.5. The number of rotatable bonds is 1. The van der Waals surface area contributed by atoms with Crippen LogP contribution in [0.5, 0.6) is 5.75 Å². The molecule has 0 saturated carbocycles. The van der Waals surface area contributed by atoms with E-state index < -0.39 is 0 Å². The zero-order chi connectivity index (χ0) is 10.8. The largest absolute Gasteiger partial charge is 0.489 e. The predicted molar refractivity (Wildman–Crippen MR) is 56.4 cm³/mol. The Morgan fingerprint density at radius 1 is 1.60 bits per heavy atom. The first kappa shape index (κ1) is 9.83. The van der Waals surface area contributed by atoms with Gasteiger partial charge in [0, 0.05) is 0 Å². The van der Waals surface area contributed by atoms with Crippen LogP contribution in [0.1, 0.15) is 17.3 Å². The van der Waals surface area contributed by atoms with Crippen molar-refractivity contribution in [1.29, 1.82) is 0 Å². The summed E-state index contributed by atoms with van der Waals surface area (Å²) in [6, 6.07) is 5.53. The summed E-state index contributed by atoms with van der Waals surface area (Å²) >= 11 is 0. The second-order valence-electron chi connectivity index (χ2n) is 3.53. The number of carbonyl (C=O) groups is 1. The van der Waals surface area contributed by atoms with Crippen LogP contribution >= 0.6 is 0 Å². The molecular weight excluding hydrogens is 194 g/mol. The molecule has 1 aliphatic rings. The van der Waals surface area contributed by atoms with Gasteiger partial charge in [0.2, 0.25) is 0 Å². The highest BCUT2D eigenvalue weighted by atomic mass is 16.5. The summed E-state index contributed by atoms with van der Waals surface area (Å²) in [5.74, 6) is 0.355. The fourth-order valence-corrected chi connectivity index (χ4v) is 1.58. The van der Waals surface area contributed by atoms with Crippen molar-refractivity contribution in [2.75, 3.05) is 19.0 Å². The van der Waals surface area contributed by atoms with Gasteiger partial charge in [0.25, 0.3) is 0 Å². The number of hydrogen-bond acceptors (Lipinski definition) is 4. The quantitative estimate of drug-likeness (QED) is 0.711. The molecule has 0 aromatic heterocycles. The summed E-state index contributed by atoms with van der Waals surface area (Å²) in [4.78, 5) is 11.5. The summed E-state index contributed by atoms with van der Waals surface area (Å²) < 4.78 is 10.2. The molecule has 0 spiro atoms. The normalized spacial score (nSPS) is 18.4. The Hall–Kier alpha value is -1.71. The van der Waals surface area contributed by atoms with Gasteiger partial charge in [-0.15, -0.1) is 0 Å². The molecule has 0 aliphatic carbocycles. The number of fused-ring (bicyclic) bond motifs is 1. The Morgan fingerprint density at radius 3 is 3.13 bits per heavy atom. The van der Waals surface area contributed by atoms with Crippen LogP contribution in [0.4, 0.5) is 5.69 Å². The fourth-order valence-electron chi connectivity index (χ4n) is 1.58. The summed E-state index contributed by atoms with van der Waals surface area (Å²) in [6.07, 6.45) is 0. The molecule has 80 valence electrons. The number of nitrogens with one attached hydrogen (secondary N) is 1. The van der Waals surface area contributed by atoms with Crippen molar-refractivity contribution in [2.45, 2.75) is 13.0 Å². The second-order valence-corrected chi connectivity index (χ2v) is 3.53. The molecule has 2 rings (SSSR count). The fraction of sp³-hybridized carbons (Fsp3) is 0.364. The van der Waals surface area contributed by atoms with E-state index >= 15 is 0 Å². The molecule has 15 heavy (non-hydrogen) atoms. The van der Waals surface area contributed by atoms with Gasteiger partial charge in [-0.3, -0.25) is 0 Å². The van der Waals surface area contributed by atoms with Gasteiger partial charge in [-0.25, -0.2) is 4.79 Å². The first-order valence-electron chi connectivity index (χ1n) is 4.83. The molecule has 1 unspecified atom stereocenters. The number of benzene rings is 1. The van der Waals surface area contributed by atoms with Crippen molar-refractivity contribution in [1.82, 2.24) is 0 Å². The van der Waals surface area contributed by atoms with E-state index in [-0.39, 0.29) is 12.0 Å². The molecule has 1 aromatic rings. The van der Waals surface area contributed by atoms with E-state index in [0.717, 1.165) is 5.69 Å². The first-order valence-corrected chi connectivity index (χ1v) is 4.83. The average molecular weight is 207 g/mol. The lowest BCUT2D eigenvalue weighted by Crippen LogP contribution is -2.29. The Labute approximate surface area is 88.2 Å². The van der Waals surface area contributed by atoms with Gasteiger partial charge in [-0.1, -0.05) is 6.07 Å². The smallest absolute Gasteiger partial charge is 0.340 e. The van der Waals surface area contributed by atoms with E-state index in [1.807, 2.05) is 13.0 Å². The molecule has 0 amide bonds. The van der Waals surface area contributed by atoms with Crippen LogP contribution in [-0.2, 0) is 4.74 Å². The van der Waals surface area contributed by atoms with Crippen LogP contribution in [0.15, 0.2) is 18.2 Å². The number of hydrogen-bond donors (Lipinski definition) is 1. The summed E-state index contributed by atoms with van der Waals surface area (Å²) in [7, 11) is 1.37. The van der Waals surface area contributed by atoms with Crippen molar-refractivity contribution >= 4 is 11.7 Å². The number of anilines is 1. The van der Waals surface area contributed by atoms with E-state index in [4.69, 9.17) is 9.47 Å². The van der Waals surface area contributed by atoms with Crippen molar-refractivity contribution < 1.29 is 14.3 Å². The van der Waals surface area contributed by atoms with Gasteiger partial charge < -0.3 is 14.8 Å². The molecule has 0 saturated heterocycles. The maximum Gasteiger partial charge on any atom is 0.340 e. The molecule has 0 radical (unpaired) electrons. The highest BCUT2D eigenvalue weighted by Gasteiger charge is 2.21. The number of esters is 1. The lowest BCUT2D eigenvalue weighted by Gasteiger charge is -2.26. The Balaban J connectivity index is 2.44. The zero-order valence-electron chi connectivity index (χ0n) is 8.74. The van der Waals surface area contributed by atoms with Gasteiger partial charge in [0.05, 0.1) is 24.4 Å². The van der Waals surface area contributed by atoms with E-state index in [9.17, 15) is 4.79 Å². The first-order chi connectivity index (χ1) is 7.22. The van der Waals surface area contributed by atoms with Crippen molar-refractivity contribution in [2.24, 2.45) is 0 Å². The van der Waals surface area contributed by atoms with Crippen LogP contribution in [-0.4, -0.2) is 25.7 Å². The van der Waals surface area contributed by atoms with Gasteiger partial charge in [0.15, 0.2) is 0 Å². The minimum Gasteiger partial charge on any atom is -0.489 e. The van der Waals surface area contributed by atoms with E-state index in [1.165, 1.54) is 7.11 Å². The van der Waals surface area contributed by atoms with Crippen LogP contribution in [0.2, 0.25) is 0 Å². The minimum absolute atomic E-state index is 0.198. The maximum atomic E-state index is 11.5. The highest BCUT2D eigenvalue weighted by Crippen LogP contribution is 2.32. The molecule has 1 N–H and O–H groups in total. The van der Waals surface area contributed by atoms with Crippen LogP contribution < -0.4 is 10.1 Å². The van der Waals surface area contributed by atoms with Crippen molar-refractivity contribution in [3.8, 4) is 5.75 Å². The molecule has 4 heteroatoms. The van der Waals surface area contributed by atoms with Gasteiger partial charge in [-0.05, 0) is 19.1 Å². The average Bonchev–Trinajstić information content (AvgIpc) is 2.27. The number of para-hydroxylation sites is 1. The van der Waals surface area contributed by atoms with Crippen molar-refractivity contribution in [3.05, 3.63) is 23.8 Å².